The molecule has 0 spiro atoms. The van der Waals surface area contributed by atoms with Crippen LogP contribution in [-0.4, -0.2) is 6.61 Å². The Morgan fingerprint density at radius 1 is 1.24 bits per heavy atom. The van der Waals surface area contributed by atoms with Crippen molar-refractivity contribution in [1.82, 2.24) is 0 Å². The summed E-state index contributed by atoms with van der Waals surface area (Å²) >= 11 is 0. The smallest absolute Gasteiger partial charge is 0.119 e. The minimum Gasteiger partial charge on any atom is -0.494 e. The summed E-state index contributed by atoms with van der Waals surface area (Å²) in [6.45, 7) is 6.47. The van der Waals surface area contributed by atoms with E-state index in [1.807, 2.05) is 37.3 Å². The molecule has 0 radical (unpaired) electrons. The maximum Gasteiger partial charge on any atom is 0.119 e. The quantitative estimate of drug-likeness (QED) is 0.547. The third-order valence-corrected chi connectivity index (χ3v) is 2.73. The molecule has 1 rings (SSSR count). The van der Waals surface area contributed by atoms with Crippen molar-refractivity contribution < 1.29 is 4.74 Å². The lowest BCUT2D eigenvalue weighted by atomic mass is 10.1. The number of hydrogen-bond acceptors (Lipinski definition) is 2. The summed E-state index contributed by atoms with van der Waals surface area (Å²) < 4.78 is 5.65. The van der Waals surface area contributed by atoms with Gasteiger partial charge >= 0.3 is 0 Å². The third kappa shape index (κ3) is 5.55. The molecular formula is C15H23NO. The molecular weight excluding hydrogens is 210 g/mol. The lowest BCUT2D eigenvalue weighted by molar-refractivity contribution is 0.305. The van der Waals surface area contributed by atoms with Crippen LogP contribution in [0.2, 0.25) is 0 Å². The van der Waals surface area contributed by atoms with E-state index >= 15 is 0 Å². The summed E-state index contributed by atoms with van der Waals surface area (Å²) in [7, 11) is 0. The third-order valence-electron chi connectivity index (χ3n) is 2.73. The van der Waals surface area contributed by atoms with Gasteiger partial charge in [0.15, 0.2) is 0 Å². The maximum absolute atomic E-state index is 5.78. The molecule has 1 aromatic rings. The second-order valence-corrected chi connectivity index (χ2v) is 4.34. The summed E-state index contributed by atoms with van der Waals surface area (Å²) in [6.07, 6.45) is 6.57. The standard InChI is InChI=1S/C15H23NO/c1-3-4-5-6-7-12-17-15-10-8-14(9-11-15)13(2)16/h3,8-11,13H,1,4-7,12,16H2,2H3/t13-/m1/s1. The molecule has 0 aliphatic heterocycles. The van der Waals surface area contributed by atoms with Crippen LogP contribution in [0, 0.1) is 0 Å². The molecule has 0 amide bonds. The van der Waals surface area contributed by atoms with Gasteiger partial charge in [0.2, 0.25) is 0 Å². The number of nitrogens with two attached hydrogens (primary N) is 1. The fraction of sp³-hybridized carbons (Fsp3) is 0.467. The van der Waals surface area contributed by atoms with Crippen molar-refractivity contribution in [2.75, 3.05) is 6.61 Å². The van der Waals surface area contributed by atoms with E-state index in [1.54, 1.807) is 0 Å². The average molecular weight is 233 g/mol. The molecule has 0 saturated heterocycles. The van der Waals surface area contributed by atoms with Crippen LogP contribution in [0.25, 0.3) is 0 Å². The topological polar surface area (TPSA) is 35.2 Å². The highest BCUT2D eigenvalue weighted by atomic mass is 16.5. The SMILES string of the molecule is C=CCCCCCOc1ccc([C@@H](C)N)cc1. The number of benzene rings is 1. The lowest BCUT2D eigenvalue weighted by Crippen LogP contribution is -2.04. The predicted octanol–water partition coefficient (Wildman–Crippen LogP) is 3.83. The minimum atomic E-state index is 0.0861. The highest BCUT2D eigenvalue weighted by molar-refractivity contribution is 5.28. The highest BCUT2D eigenvalue weighted by Gasteiger charge is 1.99. The molecule has 0 heterocycles. The highest BCUT2D eigenvalue weighted by Crippen LogP contribution is 2.16. The van der Waals surface area contributed by atoms with Crippen LogP contribution in [0.3, 0.4) is 0 Å². The first-order chi connectivity index (χ1) is 8.24. The van der Waals surface area contributed by atoms with Crippen molar-refractivity contribution in [3.63, 3.8) is 0 Å². The molecule has 0 bridgehead atoms. The van der Waals surface area contributed by atoms with Gasteiger partial charge in [-0.25, -0.2) is 0 Å². The Hall–Kier alpha value is -1.28. The van der Waals surface area contributed by atoms with Crippen LogP contribution in [-0.2, 0) is 0 Å². The molecule has 0 unspecified atom stereocenters. The summed E-state index contributed by atoms with van der Waals surface area (Å²) in [5, 5.41) is 0. The van der Waals surface area contributed by atoms with Gasteiger partial charge in [0, 0.05) is 6.04 Å². The van der Waals surface area contributed by atoms with E-state index in [4.69, 9.17) is 10.5 Å². The molecule has 17 heavy (non-hydrogen) atoms. The van der Waals surface area contributed by atoms with Gasteiger partial charge < -0.3 is 10.5 Å². The number of ether oxygens (including phenoxy) is 1. The number of rotatable bonds is 8. The monoisotopic (exact) mass is 233 g/mol. The van der Waals surface area contributed by atoms with E-state index in [2.05, 4.69) is 6.58 Å². The first-order valence-electron chi connectivity index (χ1n) is 6.33. The fourth-order valence-corrected chi connectivity index (χ4v) is 1.63. The molecule has 0 fully saturated rings. The number of allylic oxidation sites excluding steroid dienone is 1. The number of unbranched alkanes of at least 4 members (excludes halogenated alkanes) is 3. The molecule has 0 aliphatic rings. The molecule has 2 nitrogen and oxygen atoms in total. The Morgan fingerprint density at radius 2 is 1.94 bits per heavy atom. The zero-order valence-electron chi connectivity index (χ0n) is 10.7. The Bertz CT molecular complexity index is 316. The van der Waals surface area contributed by atoms with Crippen molar-refractivity contribution in [3.05, 3.63) is 42.5 Å². The molecule has 2 heteroatoms. The Balaban J connectivity index is 2.21. The second kappa shape index (κ2) is 7.91. The van der Waals surface area contributed by atoms with Crippen LogP contribution < -0.4 is 10.5 Å². The molecule has 1 aromatic carbocycles. The first-order valence-corrected chi connectivity index (χ1v) is 6.33. The van der Waals surface area contributed by atoms with Crippen molar-refractivity contribution in [2.45, 2.75) is 38.6 Å². The summed E-state index contributed by atoms with van der Waals surface area (Å²) in [5.74, 6) is 0.929. The summed E-state index contributed by atoms with van der Waals surface area (Å²) in [4.78, 5) is 0. The largest absolute Gasteiger partial charge is 0.494 e. The normalized spacial score (nSPS) is 12.1. The fourth-order valence-electron chi connectivity index (χ4n) is 1.63. The van der Waals surface area contributed by atoms with Gasteiger partial charge in [0.25, 0.3) is 0 Å². The van der Waals surface area contributed by atoms with E-state index < -0.39 is 0 Å². The Morgan fingerprint density at radius 3 is 2.53 bits per heavy atom. The molecule has 2 N–H and O–H groups in total. The van der Waals surface area contributed by atoms with Crippen LogP contribution in [0.15, 0.2) is 36.9 Å². The van der Waals surface area contributed by atoms with Crippen molar-refractivity contribution in [2.24, 2.45) is 5.73 Å². The Labute approximate surface area is 104 Å². The van der Waals surface area contributed by atoms with Gasteiger partial charge in [0.05, 0.1) is 6.61 Å². The first kappa shape index (κ1) is 13.8. The zero-order chi connectivity index (χ0) is 12.5. The van der Waals surface area contributed by atoms with Gasteiger partial charge in [-0.1, -0.05) is 18.2 Å². The van der Waals surface area contributed by atoms with Gasteiger partial charge in [-0.15, -0.1) is 6.58 Å². The van der Waals surface area contributed by atoms with Crippen LogP contribution in [0.4, 0.5) is 0 Å². The summed E-state index contributed by atoms with van der Waals surface area (Å²) in [6, 6.07) is 8.11. The van der Waals surface area contributed by atoms with Gasteiger partial charge in [0.1, 0.15) is 5.75 Å². The molecule has 0 saturated carbocycles. The average Bonchev–Trinajstić information content (AvgIpc) is 2.34. The van der Waals surface area contributed by atoms with E-state index in [9.17, 15) is 0 Å². The number of hydrogen-bond donors (Lipinski definition) is 1. The van der Waals surface area contributed by atoms with E-state index in [1.165, 1.54) is 12.8 Å². The van der Waals surface area contributed by atoms with Crippen LogP contribution in [0.5, 0.6) is 5.75 Å². The van der Waals surface area contributed by atoms with Gasteiger partial charge in [-0.05, 0) is 50.3 Å². The minimum absolute atomic E-state index is 0.0861. The maximum atomic E-state index is 5.78. The van der Waals surface area contributed by atoms with Crippen molar-refractivity contribution >= 4 is 0 Å². The van der Waals surface area contributed by atoms with Crippen LogP contribution in [0.1, 0.15) is 44.2 Å². The molecule has 1 atom stereocenters. The van der Waals surface area contributed by atoms with E-state index in [0.717, 1.165) is 30.8 Å². The Kier molecular flexibility index (Phi) is 6.41. The molecule has 0 aromatic heterocycles. The van der Waals surface area contributed by atoms with Gasteiger partial charge in [-0.3, -0.25) is 0 Å². The lowest BCUT2D eigenvalue weighted by Gasteiger charge is -2.08. The van der Waals surface area contributed by atoms with Gasteiger partial charge in [-0.2, -0.15) is 0 Å². The van der Waals surface area contributed by atoms with E-state index in [-0.39, 0.29) is 6.04 Å². The zero-order valence-corrected chi connectivity index (χ0v) is 10.7. The second-order valence-electron chi connectivity index (χ2n) is 4.34. The van der Waals surface area contributed by atoms with Crippen molar-refractivity contribution in [3.8, 4) is 5.75 Å². The summed E-state index contributed by atoms with van der Waals surface area (Å²) in [5.41, 5.74) is 6.93. The van der Waals surface area contributed by atoms with Crippen molar-refractivity contribution in [1.29, 1.82) is 0 Å². The molecule has 0 aliphatic carbocycles. The van der Waals surface area contributed by atoms with E-state index in [0.29, 0.717) is 0 Å². The molecule has 94 valence electrons. The predicted molar refractivity (Wildman–Crippen MR) is 73.2 cm³/mol. The van der Waals surface area contributed by atoms with Crippen LogP contribution >= 0.6 is 0 Å².